The van der Waals surface area contributed by atoms with Crippen LogP contribution in [0.25, 0.3) is 0 Å². The molecule has 2 saturated heterocycles. The SMILES string of the molecule is O=C1c2ccccc2C(=O)N1CCN1CCN(c2ccncc2)CC1.c1cc(N2CCNCC2)ccn1. The molecule has 0 spiro atoms. The van der Waals surface area contributed by atoms with Crippen molar-refractivity contribution in [3.05, 3.63) is 84.4 Å². The summed E-state index contributed by atoms with van der Waals surface area (Å²) in [6.07, 6.45) is 7.31. The lowest BCUT2D eigenvalue weighted by molar-refractivity contribution is 0.0635. The van der Waals surface area contributed by atoms with Crippen LogP contribution in [0.2, 0.25) is 0 Å². The standard InChI is InChI=1S/C19H20N4O2.C9H13N3/c24-18-16-3-1-2-4-17(16)19(25)23(18)14-11-21-9-12-22(13-10-21)15-5-7-20-8-6-15;1-3-10-4-2-9(1)12-7-5-11-6-8-12/h1-8H,9-14H2;1-4,11H,5-8H2. The first-order valence-corrected chi connectivity index (χ1v) is 12.9. The minimum absolute atomic E-state index is 0.170. The first-order valence-electron chi connectivity index (χ1n) is 12.9. The maximum absolute atomic E-state index is 12.4. The van der Waals surface area contributed by atoms with Crippen LogP contribution in [0.5, 0.6) is 0 Å². The van der Waals surface area contributed by atoms with Gasteiger partial charge < -0.3 is 15.1 Å². The van der Waals surface area contributed by atoms with Gasteiger partial charge in [0.1, 0.15) is 0 Å². The third-order valence-corrected chi connectivity index (χ3v) is 7.06. The van der Waals surface area contributed by atoms with Crippen molar-refractivity contribution < 1.29 is 9.59 Å². The molecule has 1 N–H and O–H groups in total. The van der Waals surface area contributed by atoms with E-state index in [4.69, 9.17) is 0 Å². The van der Waals surface area contributed by atoms with E-state index in [2.05, 4.69) is 42.1 Å². The fraction of sp³-hybridized carbons (Fsp3) is 0.357. The highest BCUT2D eigenvalue weighted by Gasteiger charge is 2.35. The van der Waals surface area contributed by atoms with Crippen molar-refractivity contribution in [1.82, 2.24) is 25.1 Å². The van der Waals surface area contributed by atoms with E-state index in [1.54, 1.807) is 24.3 Å². The zero-order chi connectivity index (χ0) is 25.5. The Labute approximate surface area is 217 Å². The molecule has 37 heavy (non-hydrogen) atoms. The molecule has 5 heterocycles. The zero-order valence-electron chi connectivity index (χ0n) is 21.0. The predicted molar refractivity (Wildman–Crippen MR) is 144 cm³/mol. The minimum Gasteiger partial charge on any atom is -0.369 e. The number of nitrogens with one attached hydrogen (secondary N) is 1. The normalized spacial score (nSPS) is 17.9. The molecule has 9 nitrogen and oxygen atoms in total. The van der Waals surface area contributed by atoms with E-state index < -0.39 is 0 Å². The largest absolute Gasteiger partial charge is 0.369 e. The molecule has 192 valence electrons. The summed E-state index contributed by atoms with van der Waals surface area (Å²) in [6, 6.07) is 15.2. The Morgan fingerprint density at radius 1 is 0.622 bits per heavy atom. The van der Waals surface area contributed by atoms with Gasteiger partial charge in [-0.3, -0.25) is 29.4 Å². The average molecular weight is 500 g/mol. The van der Waals surface area contributed by atoms with E-state index in [1.165, 1.54) is 16.3 Å². The molecule has 3 aliphatic heterocycles. The Morgan fingerprint density at radius 3 is 1.62 bits per heavy atom. The zero-order valence-corrected chi connectivity index (χ0v) is 21.0. The minimum atomic E-state index is -0.170. The van der Waals surface area contributed by atoms with E-state index in [9.17, 15) is 9.59 Å². The molecule has 3 aliphatic rings. The fourth-order valence-electron chi connectivity index (χ4n) is 4.95. The average Bonchev–Trinajstić information content (AvgIpc) is 3.23. The molecule has 2 aromatic heterocycles. The molecule has 0 bridgehead atoms. The van der Waals surface area contributed by atoms with Gasteiger partial charge in [0.15, 0.2) is 0 Å². The van der Waals surface area contributed by atoms with Crippen LogP contribution < -0.4 is 15.1 Å². The number of aromatic nitrogens is 2. The van der Waals surface area contributed by atoms with Crippen molar-refractivity contribution >= 4 is 23.2 Å². The molecule has 2 amide bonds. The fourth-order valence-corrected chi connectivity index (χ4v) is 4.95. The summed E-state index contributed by atoms with van der Waals surface area (Å²) in [6.45, 7) is 9.26. The Kier molecular flexibility index (Phi) is 8.02. The summed E-state index contributed by atoms with van der Waals surface area (Å²) in [7, 11) is 0. The number of nitrogens with zero attached hydrogens (tertiary/aromatic N) is 6. The maximum Gasteiger partial charge on any atom is 0.261 e. The number of fused-ring (bicyclic) bond motifs is 1. The molecular weight excluding hydrogens is 466 g/mol. The molecule has 6 rings (SSSR count). The molecule has 3 aromatic rings. The van der Waals surface area contributed by atoms with Crippen LogP contribution in [-0.4, -0.2) is 97.0 Å². The smallest absolute Gasteiger partial charge is 0.261 e. The monoisotopic (exact) mass is 499 g/mol. The molecule has 0 unspecified atom stereocenters. The van der Waals surface area contributed by atoms with E-state index in [-0.39, 0.29) is 11.8 Å². The van der Waals surface area contributed by atoms with Gasteiger partial charge in [-0.2, -0.15) is 0 Å². The number of amides is 2. The number of pyridine rings is 2. The number of anilines is 2. The quantitative estimate of drug-likeness (QED) is 0.534. The van der Waals surface area contributed by atoms with E-state index in [0.29, 0.717) is 17.7 Å². The number of carbonyl (C=O) groups excluding carboxylic acids is 2. The van der Waals surface area contributed by atoms with Crippen LogP contribution in [-0.2, 0) is 0 Å². The number of imide groups is 1. The predicted octanol–water partition coefficient (Wildman–Crippen LogP) is 1.99. The van der Waals surface area contributed by atoms with Crippen LogP contribution in [0.4, 0.5) is 11.4 Å². The van der Waals surface area contributed by atoms with Crippen molar-refractivity contribution in [3.63, 3.8) is 0 Å². The molecule has 9 heteroatoms. The number of carbonyl (C=O) groups is 2. The Balaban J connectivity index is 0.000000195. The highest BCUT2D eigenvalue weighted by molar-refractivity contribution is 6.21. The van der Waals surface area contributed by atoms with Crippen LogP contribution in [0.15, 0.2) is 73.3 Å². The maximum atomic E-state index is 12.4. The highest BCUT2D eigenvalue weighted by atomic mass is 16.2. The van der Waals surface area contributed by atoms with Gasteiger partial charge >= 0.3 is 0 Å². The number of benzene rings is 1. The molecule has 2 fully saturated rings. The van der Waals surface area contributed by atoms with Gasteiger partial charge in [-0.25, -0.2) is 0 Å². The first kappa shape index (κ1) is 24.9. The molecule has 0 aliphatic carbocycles. The van der Waals surface area contributed by atoms with Gasteiger partial charge in [-0.05, 0) is 36.4 Å². The van der Waals surface area contributed by atoms with Gasteiger partial charge in [-0.1, -0.05) is 12.1 Å². The highest BCUT2D eigenvalue weighted by Crippen LogP contribution is 2.22. The number of hydrogen-bond acceptors (Lipinski definition) is 8. The number of piperazine rings is 2. The van der Waals surface area contributed by atoms with E-state index >= 15 is 0 Å². The summed E-state index contributed by atoms with van der Waals surface area (Å²) in [5, 5.41) is 3.33. The van der Waals surface area contributed by atoms with Gasteiger partial charge in [-0.15, -0.1) is 0 Å². The lowest BCUT2D eigenvalue weighted by Gasteiger charge is -2.36. The Hall–Kier alpha value is -3.82. The second-order valence-electron chi connectivity index (χ2n) is 9.28. The van der Waals surface area contributed by atoms with Crippen molar-refractivity contribution in [3.8, 4) is 0 Å². The van der Waals surface area contributed by atoms with Crippen LogP contribution in [0.3, 0.4) is 0 Å². The lowest BCUT2D eigenvalue weighted by atomic mass is 10.1. The summed E-state index contributed by atoms with van der Waals surface area (Å²) in [4.78, 5) is 41.2. The molecule has 1 aromatic carbocycles. The molecular formula is C28H33N7O2. The number of rotatable bonds is 5. The Morgan fingerprint density at radius 2 is 1.11 bits per heavy atom. The van der Waals surface area contributed by atoms with Crippen LogP contribution >= 0.6 is 0 Å². The van der Waals surface area contributed by atoms with Gasteiger partial charge in [0.25, 0.3) is 11.8 Å². The molecule has 0 radical (unpaired) electrons. The van der Waals surface area contributed by atoms with Crippen molar-refractivity contribution in [2.75, 3.05) is 75.2 Å². The third-order valence-electron chi connectivity index (χ3n) is 7.06. The summed E-state index contributed by atoms with van der Waals surface area (Å²) in [5.74, 6) is -0.341. The van der Waals surface area contributed by atoms with Crippen LogP contribution in [0.1, 0.15) is 20.7 Å². The Bertz CT molecular complexity index is 1140. The second kappa shape index (κ2) is 11.9. The van der Waals surface area contributed by atoms with E-state index in [0.717, 1.165) is 58.9 Å². The molecule has 0 saturated carbocycles. The topological polar surface area (TPSA) is 84.9 Å². The summed E-state index contributed by atoms with van der Waals surface area (Å²) in [5.41, 5.74) is 3.52. The van der Waals surface area contributed by atoms with Crippen molar-refractivity contribution in [2.45, 2.75) is 0 Å². The van der Waals surface area contributed by atoms with Gasteiger partial charge in [0, 0.05) is 102 Å². The van der Waals surface area contributed by atoms with Gasteiger partial charge in [0.05, 0.1) is 11.1 Å². The first-order chi connectivity index (χ1) is 18.2. The second-order valence-corrected chi connectivity index (χ2v) is 9.28. The molecule has 0 atom stereocenters. The van der Waals surface area contributed by atoms with Crippen molar-refractivity contribution in [2.24, 2.45) is 0 Å². The number of hydrogen-bond donors (Lipinski definition) is 1. The van der Waals surface area contributed by atoms with Crippen LogP contribution in [0, 0.1) is 0 Å². The lowest BCUT2D eigenvalue weighted by Crippen LogP contribution is -2.49. The summed E-state index contributed by atoms with van der Waals surface area (Å²) >= 11 is 0. The summed E-state index contributed by atoms with van der Waals surface area (Å²) < 4.78 is 0. The third kappa shape index (κ3) is 5.95. The van der Waals surface area contributed by atoms with E-state index in [1.807, 2.05) is 36.9 Å². The van der Waals surface area contributed by atoms with Crippen molar-refractivity contribution in [1.29, 1.82) is 0 Å². The van der Waals surface area contributed by atoms with Gasteiger partial charge in [0.2, 0.25) is 0 Å².